The first-order valence-corrected chi connectivity index (χ1v) is 6.13. The maximum absolute atomic E-state index is 9.94. The van der Waals surface area contributed by atoms with Crippen LogP contribution in [0, 0.1) is 0 Å². The van der Waals surface area contributed by atoms with Crippen LogP contribution in [0.15, 0.2) is 48.5 Å². The van der Waals surface area contributed by atoms with Crippen LogP contribution in [0.2, 0.25) is 0 Å². The van der Waals surface area contributed by atoms with Gasteiger partial charge in [0.1, 0.15) is 12.3 Å². The van der Waals surface area contributed by atoms with Crippen LogP contribution in [0.3, 0.4) is 0 Å². The van der Waals surface area contributed by atoms with Gasteiger partial charge in [0, 0.05) is 5.56 Å². The van der Waals surface area contributed by atoms with E-state index in [0.29, 0.717) is 5.75 Å². The van der Waals surface area contributed by atoms with Gasteiger partial charge >= 0.3 is 0 Å². The number of phenols is 1. The zero-order valence-electron chi connectivity index (χ0n) is 11.6. The van der Waals surface area contributed by atoms with Gasteiger partial charge in [0.05, 0.1) is 21.1 Å². The molecular weight excluding hydrogens is 302 g/mol. The van der Waals surface area contributed by atoms with Gasteiger partial charge in [-0.2, -0.15) is 0 Å². The molecule has 2 rings (SSSR count). The molecule has 0 amide bonds. The minimum atomic E-state index is 0. The largest absolute Gasteiger partial charge is 1.00 e. The molecule has 0 saturated carbocycles. The molecule has 102 valence electrons. The molecule has 0 aliphatic heterocycles. The number of nitrogens with zero attached hydrogens (tertiary/aromatic N) is 1. The van der Waals surface area contributed by atoms with Gasteiger partial charge in [0.2, 0.25) is 0 Å². The topological polar surface area (TPSA) is 20.2 Å². The molecule has 3 heteroatoms. The Kier molecular flexibility index (Phi) is 5.15. The summed E-state index contributed by atoms with van der Waals surface area (Å²) < 4.78 is 0.797. The van der Waals surface area contributed by atoms with Crippen LogP contribution in [-0.4, -0.2) is 30.7 Å². The van der Waals surface area contributed by atoms with E-state index in [2.05, 4.69) is 39.3 Å². The Hall–Kier alpha value is -1.32. The maximum Gasteiger partial charge on any atom is 0.124 e. The van der Waals surface area contributed by atoms with Gasteiger partial charge in [-0.1, -0.05) is 36.4 Å². The van der Waals surface area contributed by atoms with Crippen molar-refractivity contribution in [3.63, 3.8) is 0 Å². The Morgan fingerprint density at radius 1 is 0.895 bits per heavy atom. The molecule has 0 heterocycles. The van der Waals surface area contributed by atoms with Crippen LogP contribution in [0.1, 0.15) is 5.56 Å². The highest BCUT2D eigenvalue weighted by Gasteiger charge is 2.13. The Balaban J connectivity index is 0.00000180. The molecule has 2 nitrogen and oxygen atoms in total. The lowest BCUT2D eigenvalue weighted by atomic mass is 10.0. The highest BCUT2D eigenvalue weighted by atomic mass is 79.9. The van der Waals surface area contributed by atoms with Crippen molar-refractivity contribution < 1.29 is 26.6 Å². The van der Waals surface area contributed by atoms with Crippen LogP contribution < -0.4 is 17.0 Å². The molecular formula is C16H20BrNO. The van der Waals surface area contributed by atoms with Crippen LogP contribution in [-0.2, 0) is 6.54 Å². The lowest BCUT2D eigenvalue weighted by molar-refractivity contribution is -0.884. The lowest BCUT2D eigenvalue weighted by Crippen LogP contribution is -3.00. The molecule has 0 spiro atoms. The molecule has 0 aromatic heterocycles. The summed E-state index contributed by atoms with van der Waals surface area (Å²) in [5.74, 6) is 0.378. The van der Waals surface area contributed by atoms with Crippen molar-refractivity contribution in [1.29, 1.82) is 0 Å². The van der Waals surface area contributed by atoms with E-state index in [9.17, 15) is 5.11 Å². The Morgan fingerprint density at radius 3 is 2.11 bits per heavy atom. The minimum absolute atomic E-state index is 0. The van der Waals surface area contributed by atoms with Crippen LogP contribution >= 0.6 is 0 Å². The summed E-state index contributed by atoms with van der Waals surface area (Å²) in [6, 6.07) is 16.1. The van der Waals surface area contributed by atoms with Crippen molar-refractivity contribution >= 4 is 0 Å². The Bertz CT molecular complexity index is 532. The van der Waals surface area contributed by atoms with Crippen LogP contribution in [0.5, 0.6) is 5.75 Å². The van der Waals surface area contributed by atoms with Crippen molar-refractivity contribution in [2.75, 3.05) is 21.1 Å². The first-order valence-electron chi connectivity index (χ1n) is 6.13. The van der Waals surface area contributed by atoms with Gasteiger partial charge in [0.25, 0.3) is 0 Å². The molecule has 2 aromatic rings. The van der Waals surface area contributed by atoms with E-state index in [1.54, 1.807) is 6.07 Å². The van der Waals surface area contributed by atoms with E-state index in [-0.39, 0.29) is 17.0 Å². The number of hydrogen-bond donors (Lipinski definition) is 1. The number of hydrogen-bond acceptors (Lipinski definition) is 1. The normalized spacial score (nSPS) is 10.9. The second kappa shape index (κ2) is 6.22. The second-order valence-corrected chi connectivity index (χ2v) is 5.66. The number of phenolic OH excluding ortho intramolecular Hbond substituents is 1. The molecule has 1 N–H and O–H groups in total. The molecule has 0 radical (unpaired) electrons. The van der Waals surface area contributed by atoms with Gasteiger partial charge in [-0.3, -0.25) is 0 Å². The average molecular weight is 322 g/mol. The molecule has 0 unspecified atom stereocenters. The monoisotopic (exact) mass is 321 g/mol. The van der Waals surface area contributed by atoms with Gasteiger partial charge in [-0.25, -0.2) is 0 Å². The SMILES string of the molecule is C[N+](C)(C)Cc1cc(-c2ccccc2)ccc1O.[Br-]. The van der Waals surface area contributed by atoms with Crippen molar-refractivity contribution in [1.82, 2.24) is 0 Å². The van der Waals surface area contributed by atoms with E-state index < -0.39 is 0 Å². The van der Waals surface area contributed by atoms with Crippen molar-refractivity contribution in [2.45, 2.75) is 6.54 Å². The summed E-state index contributed by atoms with van der Waals surface area (Å²) in [5, 5.41) is 9.94. The van der Waals surface area contributed by atoms with Gasteiger partial charge in [-0.15, -0.1) is 0 Å². The van der Waals surface area contributed by atoms with Crippen molar-refractivity contribution in [3.8, 4) is 16.9 Å². The Labute approximate surface area is 125 Å². The molecule has 0 atom stereocenters. The van der Waals surface area contributed by atoms with Crippen molar-refractivity contribution in [2.24, 2.45) is 0 Å². The third-order valence-corrected chi connectivity index (χ3v) is 2.83. The van der Waals surface area contributed by atoms with Crippen LogP contribution in [0.25, 0.3) is 11.1 Å². The molecule has 0 saturated heterocycles. The fourth-order valence-electron chi connectivity index (χ4n) is 2.03. The maximum atomic E-state index is 9.94. The molecule has 19 heavy (non-hydrogen) atoms. The molecule has 0 aliphatic rings. The molecule has 0 fully saturated rings. The summed E-state index contributed by atoms with van der Waals surface area (Å²) in [6.07, 6.45) is 0. The number of quaternary nitrogens is 1. The van der Waals surface area contributed by atoms with Crippen molar-refractivity contribution in [3.05, 3.63) is 54.1 Å². The standard InChI is InChI=1S/C16H19NO.BrH/c1-17(2,3)12-15-11-14(9-10-16(15)18)13-7-5-4-6-8-13;/h4-11H,12H2,1-3H3;1H. The van der Waals surface area contributed by atoms with E-state index in [1.165, 1.54) is 5.56 Å². The fourth-order valence-corrected chi connectivity index (χ4v) is 2.03. The van der Waals surface area contributed by atoms with E-state index >= 15 is 0 Å². The number of aromatic hydroxyl groups is 1. The van der Waals surface area contributed by atoms with E-state index in [4.69, 9.17) is 0 Å². The molecule has 0 bridgehead atoms. The zero-order valence-corrected chi connectivity index (χ0v) is 13.2. The predicted molar refractivity (Wildman–Crippen MR) is 75.3 cm³/mol. The minimum Gasteiger partial charge on any atom is -1.00 e. The van der Waals surface area contributed by atoms with E-state index in [1.807, 2.05) is 24.3 Å². The Morgan fingerprint density at radius 2 is 1.53 bits per heavy atom. The lowest BCUT2D eigenvalue weighted by Gasteiger charge is -2.24. The summed E-state index contributed by atoms with van der Waals surface area (Å²) in [4.78, 5) is 0. The number of halogens is 1. The third kappa shape index (κ3) is 4.37. The number of rotatable bonds is 3. The second-order valence-electron chi connectivity index (χ2n) is 5.66. The van der Waals surface area contributed by atoms with Gasteiger partial charge in [-0.05, 0) is 23.3 Å². The van der Waals surface area contributed by atoms with Gasteiger partial charge in [0.15, 0.2) is 0 Å². The average Bonchev–Trinajstić information content (AvgIpc) is 2.31. The van der Waals surface area contributed by atoms with E-state index in [0.717, 1.165) is 22.2 Å². The summed E-state index contributed by atoms with van der Waals surface area (Å²) in [6.45, 7) is 0.812. The smallest absolute Gasteiger partial charge is 0.124 e. The summed E-state index contributed by atoms with van der Waals surface area (Å²) >= 11 is 0. The summed E-state index contributed by atoms with van der Waals surface area (Å²) in [5.41, 5.74) is 3.32. The molecule has 0 aliphatic carbocycles. The van der Waals surface area contributed by atoms with Gasteiger partial charge < -0.3 is 26.6 Å². The highest BCUT2D eigenvalue weighted by Crippen LogP contribution is 2.27. The zero-order chi connectivity index (χ0) is 13.2. The quantitative estimate of drug-likeness (QED) is 0.805. The third-order valence-electron chi connectivity index (χ3n) is 2.83. The first kappa shape index (κ1) is 15.7. The molecule has 2 aromatic carbocycles. The first-order chi connectivity index (χ1) is 8.46. The fraction of sp³-hybridized carbons (Fsp3) is 0.250. The van der Waals surface area contributed by atoms with Crippen LogP contribution in [0.4, 0.5) is 0 Å². The number of benzene rings is 2. The summed E-state index contributed by atoms with van der Waals surface area (Å²) in [7, 11) is 6.36. The highest BCUT2D eigenvalue weighted by molar-refractivity contribution is 5.65. The predicted octanol–water partition coefficient (Wildman–Crippen LogP) is 0.269.